The summed E-state index contributed by atoms with van der Waals surface area (Å²) in [5.74, 6) is 1.81. The highest BCUT2D eigenvalue weighted by Crippen LogP contribution is 2.42. The fourth-order valence-corrected chi connectivity index (χ4v) is 8.87. The van der Waals surface area contributed by atoms with E-state index in [0.717, 1.165) is 77.4 Å². The second-order valence-corrected chi connectivity index (χ2v) is 15.6. The van der Waals surface area contributed by atoms with Crippen LogP contribution < -0.4 is 0 Å². The van der Waals surface area contributed by atoms with Gasteiger partial charge in [-0.3, -0.25) is 0 Å². The molecule has 290 valence electrons. The monoisotopic (exact) mass is 792 g/mol. The lowest BCUT2D eigenvalue weighted by molar-refractivity contribution is 0.669. The van der Waals surface area contributed by atoms with E-state index in [2.05, 4.69) is 174 Å². The first-order chi connectivity index (χ1) is 30.7. The van der Waals surface area contributed by atoms with E-state index in [1.807, 2.05) is 48.5 Å². The van der Waals surface area contributed by atoms with Gasteiger partial charge in [-0.1, -0.05) is 176 Å². The minimum atomic E-state index is 0.586. The first-order valence-corrected chi connectivity index (χ1v) is 20.8. The molecule has 0 aliphatic heterocycles. The second-order valence-electron chi connectivity index (χ2n) is 15.6. The Morgan fingerprint density at radius 3 is 1.58 bits per heavy atom. The van der Waals surface area contributed by atoms with Crippen molar-refractivity contribution in [1.82, 2.24) is 19.5 Å². The van der Waals surface area contributed by atoms with Crippen molar-refractivity contribution in [1.29, 1.82) is 0 Å². The normalized spacial score (nSPS) is 11.5. The van der Waals surface area contributed by atoms with Crippen LogP contribution in [0.4, 0.5) is 0 Å². The zero-order valence-corrected chi connectivity index (χ0v) is 33.5. The van der Waals surface area contributed by atoms with Gasteiger partial charge < -0.3 is 8.98 Å². The van der Waals surface area contributed by atoms with Crippen LogP contribution in [0.2, 0.25) is 0 Å². The molecule has 3 heterocycles. The zero-order valence-electron chi connectivity index (χ0n) is 33.5. The summed E-state index contributed by atoms with van der Waals surface area (Å²) in [6.45, 7) is 0. The molecule has 62 heavy (non-hydrogen) atoms. The number of hydrogen-bond acceptors (Lipinski definition) is 4. The number of para-hydroxylation sites is 1. The molecular formula is C57H36N4O. The number of rotatable bonds is 7. The maximum absolute atomic E-state index is 6.76. The van der Waals surface area contributed by atoms with Crippen LogP contribution in [0.25, 0.3) is 117 Å². The largest absolute Gasteiger partial charge is 0.456 e. The molecule has 5 nitrogen and oxygen atoms in total. The summed E-state index contributed by atoms with van der Waals surface area (Å²) in [6, 6.07) is 76.3. The fraction of sp³-hybridized carbons (Fsp3) is 0. The van der Waals surface area contributed by atoms with Crippen molar-refractivity contribution in [2.45, 2.75) is 0 Å². The average molecular weight is 793 g/mol. The zero-order chi connectivity index (χ0) is 41.0. The number of furan rings is 1. The third-order valence-electron chi connectivity index (χ3n) is 11.9. The molecule has 0 saturated heterocycles. The predicted octanol–water partition coefficient (Wildman–Crippen LogP) is 14.9. The van der Waals surface area contributed by atoms with Crippen molar-refractivity contribution in [3.05, 3.63) is 218 Å². The Morgan fingerprint density at radius 1 is 0.306 bits per heavy atom. The lowest BCUT2D eigenvalue weighted by Crippen LogP contribution is -2.00. The third kappa shape index (κ3) is 6.14. The van der Waals surface area contributed by atoms with E-state index in [9.17, 15) is 0 Å². The van der Waals surface area contributed by atoms with Gasteiger partial charge in [-0.2, -0.15) is 0 Å². The van der Waals surface area contributed by atoms with E-state index in [1.54, 1.807) is 0 Å². The number of benzene rings is 9. The Bertz CT molecular complexity index is 3610. The van der Waals surface area contributed by atoms with Crippen molar-refractivity contribution in [2.75, 3.05) is 0 Å². The molecule has 0 bridgehead atoms. The molecule has 0 N–H and O–H groups in total. The van der Waals surface area contributed by atoms with Gasteiger partial charge in [0.1, 0.15) is 11.2 Å². The van der Waals surface area contributed by atoms with Gasteiger partial charge in [0.15, 0.2) is 17.5 Å². The van der Waals surface area contributed by atoms with Gasteiger partial charge in [0.2, 0.25) is 0 Å². The Kier molecular flexibility index (Phi) is 8.42. The lowest BCUT2D eigenvalue weighted by atomic mass is 10.00. The summed E-state index contributed by atoms with van der Waals surface area (Å²) in [5, 5.41) is 4.28. The third-order valence-corrected chi connectivity index (χ3v) is 11.9. The van der Waals surface area contributed by atoms with Gasteiger partial charge in [-0.05, 0) is 69.8 Å². The molecule has 0 unspecified atom stereocenters. The number of nitrogens with zero attached hydrogens (tertiary/aromatic N) is 4. The average Bonchev–Trinajstić information content (AvgIpc) is 3.89. The molecule has 0 saturated carbocycles. The Labute approximate surface area is 357 Å². The van der Waals surface area contributed by atoms with E-state index in [-0.39, 0.29) is 0 Å². The van der Waals surface area contributed by atoms with Gasteiger partial charge in [0.25, 0.3) is 0 Å². The number of hydrogen-bond donors (Lipinski definition) is 0. The highest BCUT2D eigenvalue weighted by atomic mass is 16.3. The highest BCUT2D eigenvalue weighted by Gasteiger charge is 2.21. The fourth-order valence-electron chi connectivity index (χ4n) is 8.87. The smallest absolute Gasteiger partial charge is 0.164 e. The minimum absolute atomic E-state index is 0.586. The van der Waals surface area contributed by atoms with E-state index >= 15 is 0 Å². The number of fused-ring (bicyclic) bond motifs is 6. The van der Waals surface area contributed by atoms with Crippen molar-refractivity contribution in [2.24, 2.45) is 0 Å². The molecule has 0 aliphatic carbocycles. The van der Waals surface area contributed by atoms with Gasteiger partial charge in [-0.25, -0.2) is 15.0 Å². The SMILES string of the molecule is c1ccc(-c2ccc(-c3cccc(-n4c5ccccc5c5cc6c(cc54)oc4cccc(-c5nc(-c7ccccc7)nc(-c7cccc(-c8ccccc8)c7)n5)c46)c3)cc2)cc1. The minimum Gasteiger partial charge on any atom is -0.456 e. The first-order valence-electron chi connectivity index (χ1n) is 20.8. The van der Waals surface area contributed by atoms with Crippen LogP contribution in [0.1, 0.15) is 0 Å². The summed E-state index contributed by atoms with van der Waals surface area (Å²) in [4.78, 5) is 15.4. The number of aromatic nitrogens is 4. The first kappa shape index (κ1) is 35.5. The molecule has 0 atom stereocenters. The highest BCUT2D eigenvalue weighted by molar-refractivity contribution is 6.19. The maximum Gasteiger partial charge on any atom is 0.164 e. The van der Waals surface area contributed by atoms with E-state index < -0.39 is 0 Å². The van der Waals surface area contributed by atoms with Crippen molar-refractivity contribution in [3.63, 3.8) is 0 Å². The van der Waals surface area contributed by atoms with Crippen LogP contribution in [0.15, 0.2) is 223 Å². The van der Waals surface area contributed by atoms with Crippen LogP contribution in [0.3, 0.4) is 0 Å². The van der Waals surface area contributed by atoms with Crippen molar-refractivity contribution >= 4 is 43.7 Å². The summed E-state index contributed by atoms with van der Waals surface area (Å²) >= 11 is 0. The van der Waals surface area contributed by atoms with Gasteiger partial charge in [0.05, 0.1) is 11.0 Å². The van der Waals surface area contributed by atoms with Crippen molar-refractivity contribution < 1.29 is 4.42 Å². The van der Waals surface area contributed by atoms with Crippen LogP contribution in [-0.2, 0) is 0 Å². The molecule has 12 rings (SSSR count). The Balaban J connectivity index is 1.02. The Morgan fingerprint density at radius 2 is 0.839 bits per heavy atom. The van der Waals surface area contributed by atoms with Crippen molar-refractivity contribution in [3.8, 4) is 73.2 Å². The second kappa shape index (κ2) is 14.7. The molecule has 5 heteroatoms. The predicted molar refractivity (Wildman–Crippen MR) is 254 cm³/mol. The van der Waals surface area contributed by atoms with E-state index in [0.29, 0.717) is 17.5 Å². The quantitative estimate of drug-likeness (QED) is 0.161. The molecule has 0 spiro atoms. The van der Waals surface area contributed by atoms with Crippen LogP contribution in [-0.4, -0.2) is 19.5 Å². The van der Waals surface area contributed by atoms with E-state index in [4.69, 9.17) is 19.4 Å². The molecule has 0 amide bonds. The van der Waals surface area contributed by atoms with Gasteiger partial charge in [-0.15, -0.1) is 0 Å². The molecule has 0 fully saturated rings. The molecular weight excluding hydrogens is 757 g/mol. The standard InChI is InChI=1S/C57H36N4O/c1-4-15-37(16-5-1)39-29-31-40(32-30-39)43-22-13-24-45(34-43)61-50-27-11-10-25-46(50)48-35-49-53(36-51(48)61)62-52-28-14-26-47(54(49)52)57-59-55(41-19-8-3-9-20-41)58-56(60-57)44-23-12-21-42(33-44)38-17-6-2-7-18-38/h1-36H. The summed E-state index contributed by atoms with van der Waals surface area (Å²) in [6.07, 6.45) is 0. The van der Waals surface area contributed by atoms with Gasteiger partial charge in [0, 0.05) is 50.0 Å². The summed E-state index contributed by atoms with van der Waals surface area (Å²) in [5.41, 5.74) is 14.5. The van der Waals surface area contributed by atoms with E-state index in [1.165, 1.54) is 22.1 Å². The van der Waals surface area contributed by atoms with Gasteiger partial charge >= 0.3 is 0 Å². The molecule has 0 radical (unpaired) electrons. The molecule has 9 aromatic carbocycles. The molecule has 3 aromatic heterocycles. The Hall–Kier alpha value is -8.41. The summed E-state index contributed by atoms with van der Waals surface area (Å²) < 4.78 is 9.12. The maximum atomic E-state index is 6.76. The topological polar surface area (TPSA) is 56.7 Å². The molecule has 0 aliphatic rings. The lowest BCUT2D eigenvalue weighted by Gasteiger charge is -2.11. The van der Waals surface area contributed by atoms with Crippen LogP contribution in [0, 0.1) is 0 Å². The molecule has 12 aromatic rings. The summed E-state index contributed by atoms with van der Waals surface area (Å²) in [7, 11) is 0. The van der Waals surface area contributed by atoms with Crippen LogP contribution in [0.5, 0.6) is 0 Å². The van der Waals surface area contributed by atoms with Crippen LogP contribution >= 0.6 is 0 Å².